The van der Waals surface area contributed by atoms with Crippen LogP contribution in [0.3, 0.4) is 0 Å². The summed E-state index contributed by atoms with van der Waals surface area (Å²) in [6.45, 7) is 8.66. The van der Waals surface area contributed by atoms with Crippen LogP contribution in [0, 0.1) is 0 Å². The average Bonchev–Trinajstić information content (AvgIpc) is 2.97. The Morgan fingerprint density at radius 3 is 2.75 bits per heavy atom. The molecule has 0 fully saturated rings. The molecule has 0 spiro atoms. The highest BCUT2D eigenvalue weighted by atomic mass is 16.5. The molecule has 2 aliphatic heterocycles. The number of amides is 1. The Morgan fingerprint density at radius 1 is 1.29 bits per heavy atom. The highest BCUT2D eigenvalue weighted by Crippen LogP contribution is 2.44. The van der Waals surface area contributed by atoms with E-state index in [9.17, 15) is 15.0 Å². The SMILES string of the molecule is CC(C)=CCCC(C)=CCC[C@@]1(C)Oc2c(c(O)cc3c2CNC3=O)C[C@H]1O. The summed E-state index contributed by atoms with van der Waals surface area (Å²) in [4.78, 5) is 12.0. The molecule has 28 heavy (non-hydrogen) atoms. The fraction of sp³-hybridized carbons (Fsp3) is 0.522. The number of benzene rings is 1. The molecule has 1 aromatic rings. The van der Waals surface area contributed by atoms with Crippen LogP contribution in [0.5, 0.6) is 11.5 Å². The molecule has 5 heteroatoms. The van der Waals surface area contributed by atoms with Crippen LogP contribution in [0.25, 0.3) is 0 Å². The van der Waals surface area contributed by atoms with Gasteiger partial charge in [0.15, 0.2) is 0 Å². The Morgan fingerprint density at radius 2 is 2.04 bits per heavy atom. The number of aliphatic hydroxyl groups excluding tert-OH is 1. The number of nitrogens with one attached hydrogen (secondary N) is 1. The van der Waals surface area contributed by atoms with E-state index < -0.39 is 11.7 Å². The lowest BCUT2D eigenvalue weighted by molar-refractivity contribution is -0.0598. The second-order valence-electron chi connectivity index (χ2n) is 8.46. The zero-order chi connectivity index (χ0) is 20.5. The third-order valence-corrected chi connectivity index (χ3v) is 5.80. The van der Waals surface area contributed by atoms with Crippen molar-refractivity contribution in [1.29, 1.82) is 0 Å². The first-order valence-electron chi connectivity index (χ1n) is 10.0. The number of ether oxygens (including phenoxy) is 1. The van der Waals surface area contributed by atoms with Crippen LogP contribution < -0.4 is 10.1 Å². The number of aliphatic hydroxyl groups is 1. The quantitative estimate of drug-likeness (QED) is 0.643. The van der Waals surface area contributed by atoms with E-state index in [1.165, 1.54) is 17.2 Å². The molecular formula is C23H31NO4. The average molecular weight is 386 g/mol. The van der Waals surface area contributed by atoms with Crippen LogP contribution in [-0.4, -0.2) is 27.8 Å². The minimum atomic E-state index is -0.753. The summed E-state index contributed by atoms with van der Waals surface area (Å²) < 4.78 is 6.26. The Balaban J connectivity index is 1.73. The third kappa shape index (κ3) is 4.09. The normalized spacial score (nSPS) is 23.5. The molecule has 0 bridgehead atoms. The van der Waals surface area contributed by atoms with Crippen LogP contribution in [0.2, 0.25) is 0 Å². The topological polar surface area (TPSA) is 78.8 Å². The van der Waals surface area contributed by atoms with Gasteiger partial charge in [0.25, 0.3) is 5.91 Å². The molecule has 5 nitrogen and oxygen atoms in total. The van der Waals surface area contributed by atoms with Crippen molar-refractivity contribution in [1.82, 2.24) is 5.32 Å². The van der Waals surface area contributed by atoms with E-state index in [0.29, 0.717) is 36.3 Å². The molecule has 0 saturated heterocycles. The molecule has 2 aliphatic rings. The van der Waals surface area contributed by atoms with Gasteiger partial charge in [0.05, 0.1) is 11.7 Å². The van der Waals surface area contributed by atoms with Crippen molar-refractivity contribution in [2.45, 2.75) is 78.0 Å². The van der Waals surface area contributed by atoms with Crippen molar-refractivity contribution in [3.63, 3.8) is 0 Å². The lowest BCUT2D eigenvalue weighted by Crippen LogP contribution is -2.49. The number of fused-ring (bicyclic) bond motifs is 3. The van der Waals surface area contributed by atoms with Gasteiger partial charge < -0.3 is 20.3 Å². The van der Waals surface area contributed by atoms with E-state index in [0.717, 1.165) is 24.8 Å². The molecule has 1 amide bonds. The number of phenolic OH excluding ortho intramolecular Hbond substituents is 1. The predicted octanol–water partition coefficient (Wildman–Crippen LogP) is 4.16. The zero-order valence-electron chi connectivity index (χ0n) is 17.3. The lowest BCUT2D eigenvalue weighted by Gasteiger charge is -2.40. The van der Waals surface area contributed by atoms with E-state index in [1.54, 1.807) is 0 Å². The first kappa shape index (κ1) is 20.5. The van der Waals surface area contributed by atoms with Crippen molar-refractivity contribution in [3.8, 4) is 11.5 Å². The predicted molar refractivity (Wildman–Crippen MR) is 110 cm³/mol. The fourth-order valence-corrected chi connectivity index (χ4v) is 3.92. The maximum absolute atomic E-state index is 12.0. The van der Waals surface area contributed by atoms with E-state index in [-0.39, 0.29) is 11.7 Å². The highest BCUT2D eigenvalue weighted by molar-refractivity contribution is 6.00. The van der Waals surface area contributed by atoms with Gasteiger partial charge in [0.1, 0.15) is 17.1 Å². The summed E-state index contributed by atoms with van der Waals surface area (Å²) in [6, 6.07) is 1.48. The molecule has 2 atom stereocenters. The van der Waals surface area contributed by atoms with Crippen LogP contribution in [0.1, 0.15) is 74.9 Å². The summed E-state index contributed by atoms with van der Waals surface area (Å²) in [5, 5.41) is 23.8. The van der Waals surface area contributed by atoms with Gasteiger partial charge in [0.2, 0.25) is 0 Å². The van der Waals surface area contributed by atoms with Gasteiger partial charge in [-0.15, -0.1) is 0 Å². The number of carbonyl (C=O) groups excluding carboxylic acids is 1. The molecule has 1 aromatic carbocycles. The maximum Gasteiger partial charge on any atom is 0.252 e. The number of rotatable bonds is 6. The molecule has 152 valence electrons. The van der Waals surface area contributed by atoms with Gasteiger partial charge in [-0.05, 0) is 59.4 Å². The molecule has 3 rings (SSSR count). The third-order valence-electron chi connectivity index (χ3n) is 5.80. The Labute approximate surface area is 167 Å². The smallest absolute Gasteiger partial charge is 0.252 e. The molecule has 0 unspecified atom stereocenters. The summed E-state index contributed by atoms with van der Waals surface area (Å²) >= 11 is 0. The van der Waals surface area contributed by atoms with E-state index >= 15 is 0 Å². The number of hydrogen-bond acceptors (Lipinski definition) is 4. The van der Waals surface area contributed by atoms with Crippen LogP contribution >= 0.6 is 0 Å². The molecule has 0 saturated carbocycles. The first-order valence-corrected chi connectivity index (χ1v) is 10.0. The van der Waals surface area contributed by atoms with E-state index in [4.69, 9.17) is 4.74 Å². The summed E-state index contributed by atoms with van der Waals surface area (Å²) in [5.74, 6) is 0.381. The standard InChI is InChI=1S/C23H31NO4/c1-14(2)7-5-8-15(3)9-6-10-23(4)20(26)12-17-19(25)11-16-18(21(17)28-23)13-24-22(16)27/h7,9,11,20,25-26H,5-6,8,10,12-13H2,1-4H3,(H,24,27)/t20-,23-/m1/s1. The molecular weight excluding hydrogens is 354 g/mol. The van der Waals surface area contributed by atoms with Crippen LogP contribution in [0.15, 0.2) is 29.4 Å². The Kier molecular flexibility index (Phi) is 5.84. The number of phenols is 1. The second-order valence-corrected chi connectivity index (χ2v) is 8.46. The highest BCUT2D eigenvalue weighted by Gasteiger charge is 2.43. The lowest BCUT2D eigenvalue weighted by atomic mass is 9.84. The summed E-state index contributed by atoms with van der Waals surface area (Å²) in [5.41, 5.74) is 3.75. The molecule has 2 heterocycles. The van der Waals surface area contributed by atoms with Gasteiger partial charge in [-0.2, -0.15) is 0 Å². The summed E-state index contributed by atoms with van der Waals surface area (Å²) in [7, 11) is 0. The van der Waals surface area contributed by atoms with Gasteiger partial charge in [-0.1, -0.05) is 23.3 Å². The first-order chi connectivity index (χ1) is 13.2. The van der Waals surface area contributed by atoms with Crippen molar-refractivity contribution in [2.75, 3.05) is 0 Å². The van der Waals surface area contributed by atoms with Crippen LogP contribution in [-0.2, 0) is 13.0 Å². The Hall–Kier alpha value is -2.27. The van der Waals surface area contributed by atoms with E-state index in [1.807, 2.05) is 6.92 Å². The van der Waals surface area contributed by atoms with Gasteiger partial charge >= 0.3 is 0 Å². The summed E-state index contributed by atoms with van der Waals surface area (Å²) in [6.07, 6.45) is 7.61. The van der Waals surface area contributed by atoms with Crippen molar-refractivity contribution < 1.29 is 19.7 Å². The van der Waals surface area contributed by atoms with E-state index in [2.05, 4.69) is 38.2 Å². The molecule has 0 aromatic heterocycles. The Bertz CT molecular complexity index is 835. The van der Waals surface area contributed by atoms with Gasteiger partial charge in [-0.3, -0.25) is 4.79 Å². The minimum absolute atomic E-state index is 0.0157. The zero-order valence-corrected chi connectivity index (χ0v) is 17.3. The number of carbonyl (C=O) groups is 1. The molecule has 0 radical (unpaired) electrons. The molecule has 3 N–H and O–H groups in total. The van der Waals surface area contributed by atoms with Crippen molar-refractivity contribution >= 4 is 5.91 Å². The fourth-order valence-electron chi connectivity index (χ4n) is 3.92. The van der Waals surface area contributed by atoms with Crippen molar-refractivity contribution in [2.24, 2.45) is 0 Å². The largest absolute Gasteiger partial charge is 0.508 e. The number of hydrogen-bond donors (Lipinski definition) is 3. The van der Waals surface area contributed by atoms with Gasteiger partial charge in [0, 0.05) is 24.1 Å². The van der Waals surface area contributed by atoms with Crippen molar-refractivity contribution in [3.05, 3.63) is 46.1 Å². The monoisotopic (exact) mass is 385 g/mol. The molecule has 0 aliphatic carbocycles. The number of allylic oxidation sites excluding steroid dienone is 4. The number of aromatic hydroxyl groups is 1. The second kappa shape index (κ2) is 8.00. The minimum Gasteiger partial charge on any atom is -0.508 e. The van der Waals surface area contributed by atoms with Gasteiger partial charge in [-0.25, -0.2) is 0 Å². The maximum atomic E-state index is 12.0. The van der Waals surface area contributed by atoms with Crippen LogP contribution in [0.4, 0.5) is 0 Å².